The minimum Gasteiger partial charge on any atom is -0.496 e. The summed E-state index contributed by atoms with van der Waals surface area (Å²) < 4.78 is 16.1. The van der Waals surface area contributed by atoms with Crippen molar-refractivity contribution in [3.8, 4) is 11.5 Å². The van der Waals surface area contributed by atoms with Crippen molar-refractivity contribution in [2.24, 2.45) is 0 Å². The summed E-state index contributed by atoms with van der Waals surface area (Å²) in [5.41, 5.74) is 0.366. The predicted molar refractivity (Wildman–Crippen MR) is 90.3 cm³/mol. The maximum Gasteiger partial charge on any atom is 0.128 e. The second-order valence-electron chi connectivity index (χ2n) is 6.28. The van der Waals surface area contributed by atoms with Crippen LogP contribution in [0.2, 0.25) is 0 Å². The second-order valence-corrected chi connectivity index (χ2v) is 6.28. The third-order valence-corrected chi connectivity index (χ3v) is 4.64. The highest BCUT2D eigenvalue weighted by Crippen LogP contribution is 2.43. The molecule has 0 radical (unpaired) electrons. The van der Waals surface area contributed by atoms with Crippen molar-refractivity contribution in [3.05, 3.63) is 23.3 Å². The van der Waals surface area contributed by atoms with E-state index in [1.54, 1.807) is 0 Å². The molecule has 154 valence electrons. The van der Waals surface area contributed by atoms with Crippen LogP contribution in [0.5, 0.6) is 11.5 Å². The first-order chi connectivity index (χ1) is 12.8. The number of rotatable bonds is 7. The van der Waals surface area contributed by atoms with Crippen molar-refractivity contribution in [2.75, 3.05) is 27.4 Å². The van der Waals surface area contributed by atoms with Crippen LogP contribution < -0.4 is 9.47 Å². The van der Waals surface area contributed by atoms with E-state index < -0.39 is 55.9 Å². The largest absolute Gasteiger partial charge is 0.496 e. The van der Waals surface area contributed by atoms with E-state index in [4.69, 9.17) is 19.3 Å². The fraction of sp³-hybridized carbons (Fsp3) is 0.647. The number of hydrogen-bond acceptors (Lipinski definition) is 10. The van der Waals surface area contributed by atoms with Crippen LogP contribution in [0.1, 0.15) is 23.3 Å². The molecule has 10 heteroatoms. The van der Waals surface area contributed by atoms with Crippen molar-refractivity contribution in [1.82, 2.24) is 0 Å². The first kappa shape index (κ1) is 21.8. The van der Waals surface area contributed by atoms with Crippen molar-refractivity contribution < 1.29 is 50.0 Å². The van der Waals surface area contributed by atoms with E-state index >= 15 is 0 Å². The summed E-state index contributed by atoms with van der Waals surface area (Å²) in [5.74, 6) is 0.218. The Morgan fingerprint density at radius 3 is 1.96 bits per heavy atom. The van der Waals surface area contributed by atoms with Gasteiger partial charge in [-0.2, -0.15) is 0 Å². The molecule has 1 aromatic rings. The van der Waals surface area contributed by atoms with Gasteiger partial charge in [0, 0.05) is 0 Å². The zero-order valence-corrected chi connectivity index (χ0v) is 15.0. The Balaban J connectivity index is 2.52. The number of hydrogen-bond donors (Lipinski definition) is 7. The summed E-state index contributed by atoms with van der Waals surface area (Å²) >= 11 is 0. The summed E-state index contributed by atoms with van der Waals surface area (Å²) in [4.78, 5) is 0. The smallest absolute Gasteiger partial charge is 0.128 e. The molecule has 7 N–H and O–H groups in total. The van der Waals surface area contributed by atoms with Crippen LogP contribution in [0, 0.1) is 0 Å². The SMILES string of the molecule is COc1cc([C@H](O)[C@@H](O)CO)cc(OC)c1[C@@H]1O[C@H](CO)[C@@H](O)[C@H](O)[C@H]1O. The van der Waals surface area contributed by atoms with E-state index in [-0.39, 0.29) is 22.6 Å². The third-order valence-electron chi connectivity index (χ3n) is 4.64. The molecule has 1 saturated heterocycles. The van der Waals surface area contributed by atoms with Gasteiger partial charge in [0.05, 0.1) is 33.0 Å². The van der Waals surface area contributed by atoms with Gasteiger partial charge in [-0.25, -0.2) is 0 Å². The Labute approximate surface area is 155 Å². The molecule has 0 unspecified atom stereocenters. The van der Waals surface area contributed by atoms with Crippen LogP contribution in [0.15, 0.2) is 12.1 Å². The zero-order chi connectivity index (χ0) is 20.3. The van der Waals surface area contributed by atoms with Gasteiger partial charge >= 0.3 is 0 Å². The van der Waals surface area contributed by atoms with E-state index in [1.165, 1.54) is 26.4 Å². The molecule has 10 nitrogen and oxygen atoms in total. The van der Waals surface area contributed by atoms with Crippen molar-refractivity contribution >= 4 is 0 Å². The highest BCUT2D eigenvalue weighted by Gasteiger charge is 2.46. The minimum absolute atomic E-state index is 0.109. The molecule has 1 aromatic carbocycles. The molecule has 0 aromatic heterocycles. The molecule has 0 amide bonds. The lowest BCUT2D eigenvalue weighted by Crippen LogP contribution is -2.55. The normalized spacial score (nSPS) is 30.6. The predicted octanol–water partition coefficient (Wildman–Crippen LogP) is -2.39. The average Bonchev–Trinajstić information content (AvgIpc) is 2.70. The molecular weight excluding hydrogens is 364 g/mol. The molecule has 2 rings (SSSR count). The van der Waals surface area contributed by atoms with Crippen LogP contribution in [0.4, 0.5) is 0 Å². The summed E-state index contributed by atoms with van der Waals surface area (Å²) in [6.07, 6.45) is -9.84. The quantitative estimate of drug-likeness (QED) is 0.266. The van der Waals surface area contributed by atoms with E-state index in [1.807, 2.05) is 0 Å². The summed E-state index contributed by atoms with van der Waals surface area (Å²) in [7, 11) is 2.64. The highest BCUT2D eigenvalue weighted by molar-refractivity contribution is 5.51. The lowest BCUT2D eigenvalue weighted by Gasteiger charge is -2.41. The molecule has 1 aliphatic rings. The van der Waals surface area contributed by atoms with Gasteiger partial charge in [0.15, 0.2) is 0 Å². The van der Waals surface area contributed by atoms with Crippen LogP contribution in [-0.4, -0.2) is 93.7 Å². The maximum atomic E-state index is 10.4. The zero-order valence-electron chi connectivity index (χ0n) is 15.0. The van der Waals surface area contributed by atoms with Gasteiger partial charge in [0.2, 0.25) is 0 Å². The Bertz CT molecular complexity index is 597. The first-order valence-electron chi connectivity index (χ1n) is 8.33. The van der Waals surface area contributed by atoms with E-state index in [9.17, 15) is 30.6 Å². The lowest BCUT2D eigenvalue weighted by atomic mass is 9.89. The summed E-state index contributed by atoms with van der Waals surface area (Å²) in [5, 5.41) is 68.5. The molecule has 0 bridgehead atoms. The van der Waals surface area contributed by atoms with E-state index in [0.717, 1.165) is 0 Å². The number of ether oxygens (including phenoxy) is 3. The van der Waals surface area contributed by atoms with Crippen LogP contribution in [-0.2, 0) is 4.74 Å². The van der Waals surface area contributed by atoms with Gasteiger partial charge in [-0.05, 0) is 17.7 Å². The van der Waals surface area contributed by atoms with Gasteiger partial charge in [-0.15, -0.1) is 0 Å². The topological polar surface area (TPSA) is 169 Å². The molecule has 7 atom stereocenters. The summed E-state index contributed by atoms with van der Waals surface area (Å²) in [6, 6.07) is 2.73. The van der Waals surface area contributed by atoms with Gasteiger partial charge in [-0.3, -0.25) is 0 Å². The molecule has 1 fully saturated rings. The van der Waals surface area contributed by atoms with Gasteiger partial charge in [0.25, 0.3) is 0 Å². The second kappa shape index (κ2) is 9.13. The van der Waals surface area contributed by atoms with Crippen molar-refractivity contribution in [1.29, 1.82) is 0 Å². The Morgan fingerprint density at radius 2 is 1.52 bits per heavy atom. The monoisotopic (exact) mass is 390 g/mol. The van der Waals surface area contributed by atoms with Gasteiger partial charge < -0.3 is 50.0 Å². The Kier molecular flexibility index (Phi) is 7.37. The molecule has 0 aliphatic carbocycles. The van der Waals surface area contributed by atoms with E-state index in [2.05, 4.69) is 0 Å². The summed E-state index contributed by atoms with van der Waals surface area (Å²) in [6.45, 7) is -1.26. The third kappa shape index (κ3) is 4.18. The molecule has 1 heterocycles. The number of aliphatic hydroxyl groups is 7. The maximum absolute atomic E-state index is 10.4. The fourth-order valence-electron chi connectivity index (χ4n) is 3.07. The van der Waals surface area contributed by atoms with Crippen LogP contribution in [0.25, 0.3) is 0 Å². The minimum atomic E-state index is -1.59. The Morgan fingerprint density at radius 1 is 0.963 bits per heavy atom. The molecule has 27 heavy (non-hydrogen) atoms. The van der Waals surface area contributed by atoms with Crippen molar-refractivity contribution in [3.63, 3.8) is 0 Å². The van der Waals surface area contributed by atoms with E-state index in [0.29, 0.717) is 0 Å². The van der Waals surface area contributed by atoms with Gasteiger partial charge in [-0.1, -0.05) is 0 Å². The number of benzene rings is 1. The highest BCUT2D eigenvalue weighted by atomic mass is 16.5. The lowest BCUT2D eigenvalue weighted by molar-refractivity contribution is -0.232. The van der Waals surface area contributed by atoms with Gasteiger partial charge in [0.1, 0.15) is 54.2 Å². The molecule has 0 spiro atoms. The number of methoxy groups -OCH3 is 2. The average molecular weight is 390 g/mol. The molecule has 0 saturated carbocycles. The van der Waals surface area contributed by atoms with Crippen LogP contribution >= 0.6 is 0 Å². The standard InChI is InChI=1S/C17H26O10/c1-25-9-3-7(13(21)8(20)5-18)4-10(26-2)12(9)17-16(24)15(23)14(22)11(6-19)27-17/h3-4,8,11,13-24H,5-6H2,1-2H3/t8-,11+,13-,14+,15-,16+,17-/m0/s1. The molecule has 1 aliphatic heterocycles. The van der Waals surface area contributed by atoms with Crippen molar-refractivity contribution in [2.45, 2.75) is 42.7 Å². The fourth-order valence-corrected chi connectivity index (χ4v) is 3.07. The Hall–Kier alpha value is -1.50. The molecular formula is C17H26O10. The van der Waals surface area contributed by atoms with Crippen LogP contribution in [0.3, 0.4) is 0 Å². The number of aliphatic hydroxyl groups excluding tert-OH is 7. The first-order valence-corrected chi connectivity index (χ1v) is 8.33.